The van der Waals surface area contributed by atoms with Crippen LogP contribution >= 0.6 is 11.6 Å². The zero-order valence-corrected chi connectivity index (χ0v) is 12.1. The van der Waals surface area contributed by atoms with Crippen molar-refractivity contribution in [2.45, 2.75) is 0 Å². The largest absolute Gasteiger partial charge is 0.494 e. The van der Waals surface area contributed by atoms with Crippen molar-refractivity contribution in [2.24, 2.45) is 0 Å². The van der Waals surface area contributed by atoms with E-state index in [2.05, 4.69) is 9.97 Å². The summed E-state index contributed by atoms with van der Waals surface area (Å²) in [6, 6.07) is 6.37. The van der Waals surface area contributed by atoms with Gasteiger partial charge in [-0.2, -0.15) is 0 Å². The van der Waals surface area contributed by atoms with Gasteiger partial charge >= 0.3 is 0 Å². The third-order valence-corrected chi connectivity index (χ3v) is 3.27. The van der Waals surface area contributed by atoms with Crippen LogP contribution in [0.4, 0.5) is 8.78 Å². The molecule has 112 valence electrons. The fourth-order valence-electron chi connectivity index (χ4n) is 1.93. The summed E-state index contributed by atoms with van der Waals surface area (Å²) >= 11 is 5.92. The van der Waals surface area contributed by atoms with Crippen LogP contribution in [0.1, 0.15) is 0 Å². The zero-order chi connectivity index (χ0) is 15.7. The Hall–Kier alpha value is -2.47. The van der Waals surface area contributed by atoms with Crippen molar-refractivity contribution in [2.75, 3.05) is 7.11 Å². The molecule has 0 atom stereocenters. The van der Waals surface area contributed by atoms with Crippen LogP contribution < -0.4 is 9.47 Å². The molecule has 0 spiro atoms. The van der Waals surface area contributed by atoms with E-state index >= 15 is 0 Å². The highest BCUT2D eigenvalue weighted by Crippen LogP contribution is 2.34. The lowest BCUT2D eigenvalue weighted by molar-refractivity contribution is 0.387. The Bertz CT molecular complexity index is 858. The van der Waals surface area contributed by atoms with Gasteiger partial charge in [0.2, 0.25) is 5.88 Å². The number of methoxy groups -OCH3 is 1. The minimum absolute atomic E-state index is 0.0392. The number of benzene rings is 2. The first-order valence-corrected chi connectivity index (χ1v) is 6.57. The van der Waals surface area contributed by atoms with Gasteiger partial charge in [0.05, 0.1) is 23.0 Å². The highest BCUT2D eigenvalue weighted by atomic mass is 35.5. The van der Waals surface area contributed by atoms with E-state index in [1.165, 1.54) is 37.7 Å². The molecule has 0 bridgehead atoms. The number of ether oxygens (including phenoxy) is 2. The lowest BCUT2D eigenvalue weighted by Gasteiger charge is -2.10. The van der Waals surface area contributed by atoms with Crippen LogP contribution in [0.2, 0.25) is 5.02 Å². The van der Waals surface area contributed by atoms with Crippen molar-refractivity contribution >= 4 is 22.5 Å². The molecule has 0 saturated carbocycles. The van der Waals surface area contributed by atoms with Gasteiger partial charge in [0, 0.05) is 6.07 Å². The summed E-state index contributed by atoms with van der Waals surface area (Å²) in [4.78, 5) is 7.98. The average Bonchev–Trinajstić information content (AvgIpc) is 2.49. The molecule has 1 aromatic heterocycles. The van der Waals surface area contributed by atoms with Gasteiger partial charge in [-0.3, -0.25) is 0 Å². The topological polar surface area (TPSA) is 44.2 Å². The molecule has 0 amide bonds. The Balaban J connectivity index is 2.10. The Labute approximate surface area is 129 Å². The number of aromatic nitrogens is 2. The molecule has 22 heavy (non-hydrogen) atoms. The van der Waals surface area contributed by atoms with E-state index in [1.54, 1.807) is 0 Å². The molecule has 3 rings (SSSR count). The quantitative estimate of drug-likeness (QED) is 0.718. The molecule has 7 heteroatoms. The lowest BCUT2D eigenvalue weighted by atomic mass is 10.2. The third kappa shape index (κ3) is 2.65. The first kappa shape index (κ1) is 14.5. The van der Waals surface area contributed by atoms with Crippen molar-refractivity contribution in [1.29, 1.82) is 0 Å². The van der Waals surface area contributed by atoms with Gasteiger partial charge in [0.25, 0.3) is 0 Å². The van der Waals surface area contributed by atoms with Gasteiger partial charge < -0.3 is 9.47 Å². The monoisotopic (exact) mass is 322 g/mol. The normalized spacial score (nSPS) is 10.7. The van der Waals surface area contributed by atoms with Crippen molar-refractivity contribution in [3.05, 3.63) is 53.3 Å². The summed E-state index contributed by atoms with van der Waals surface area (Å²) in [7, 11) is 1.35. The summed E-state index contributed by atoms with van der Waals surface area (Å²) in [6.07, 6.45) is 1.24. The van der Waals surface area contributed by atoms with Crippen LogP contribution in [0.25, 0.3) is 10.9 Å². The van der Waals surface area contributed by atoms with Gasteiger partial charge in [0.15, 0.2) is 11.6 Å². The minimum Gasteiger partial charge on any atom is -0.494 e. The van der Waals surface area contributed by atoms with Crippen LogP contribution in [0, 0.1) is 11.6 Å². The van der Waals surface area contributed by atoms with Gasteiger partial charge in [0.1, 0.15) is 17.9 Å². The third-order valence-electron chi connectivity index (χ3n) is 2.97. The molecular weight excluding hydrogens is 314 g/mol. The van der Waals surface area contributed by atoms with Crippen LogP contribution in [0.3, 0.4) is 0 Å². The van der Waals surface area contributed by atoms with E-state index in [1.807, 2.05) is 0 Å². The highest BCUT2D eigenvalue weighted by Gasteiger charge is 2.13. The maximum absolute atomic E-state index is 13.7. The molecule has 0 aliphatic rings. The smallest absolute Gasteiger partial charge is 0.230 e. The maximum Gasteiger partial charge on any atom is 0.230 e. The molecule has 0 unspecified atom stereocenters. The fraction of sp³-hybridized carbons (Fsp3) is 0.0667. The molecule has 0 fully saturated rings. The Morgan fingerprint density at radius 2 is 1.86 bits per heavy atom. The van der Waals surface area contributed by atoms with Crippen LogP contribution in [0.5, 0.6) is 17.4 Å². The van der Waals surface area contributed by atoms with Gasteiger partial charge in [-0.05, 0) is 24.3 Å². The number of hydrogen-bond donors (Lipinski definition) is 0. The minimum atomic E-state index is -0.542. The number of fused-ring (bicyclic) bond motifs is 1. The van der Waals surface area contributed by atoms with Gasteiger partial charge in [-0.25, -0.2) is 18.7 Å². The molecular formula is C15H9ClF2N2O2. The summed E-state index contributed by atoms with van der Waals surface area (Å²) < 4.78 is 37.3. The Morgan fingerprint density at radius 1 is 1.05 bits per heavy atom. The summed E-state index contributed by atoms with van der Waals surface area (Å²) in [6.45, 7) is 0. The Morgan fingerprint density at radius 3 is 2.59 bits per heavy atom. The molecule has 3 aromatic rings. The first-order chi connectivity index (χ1) is 10.6. The predicted octanol–water partition coefficient (Wildman–Crippen LogP) is 4.36. The van der Waals surface area contributed by atoms with Crippen LogP contribution in [0.15, 0.2) is 36.7 Å². The summed E-state index contributed by atoms with van der Waals surface area (Å²) in [5, 5.41) is 0.544. The predicted molar refractivity (Wildman–Crippen MR) is 77.5 cm³/mol. The van der Waals surface area contributed by atoms with Crippen molar-refractivity contribution in [3.63, 3.8) is 0 Å². The second-order valence-corrected chi connectivity index (χ2v) is 4.77. The molecule has 0 saturated heterocycles. The van der Waals surface area contributed by atoms with E-state index in [0.717, 1.165) is 6.07 Å². The first-order valence-electron chi connectivity index (χ1n) is 6.19. The van der Waals surface area contributed by atoms with E-state index in [9.17, 15) is 8.78 Å². The van der Waals surface area contributed by atoms with Crippen LogP contribution in [-0.4, -0.2) is 17.1 Å². The molecule has 0 aliphatic heterocycles. The van der Waals surface area contributed by atoms with E-state index < -0.39 is 11.6 Å². The lowest BCUT2D eigenvalue weighted by Crippen LogP contribution is -1.95. The second kappa shape index (κ2) is 5.73. The second-order valence-electron chi connectivity index (χ2n) is 4.36. The molecule has 0 radical (unpaired) electrons. The standard InChI is InChI=1S/C15H9ClF2N2O2/c1-21-14-5-9-12(6-11(14)18)19-7-20-15(9)22-13-3-2-8(17)4-10(13)16/h2-7H,1H3. The number of hydrogen-bond acceptors (Lipinski definition) is 4. The fourth-order valence-corrected chi connectivity index (χ4v) is 2.14. The average molecular weight is 323 g/mol. The maximum atomic E-state index is 13.7. The van der Waals surface area contributed by atoms with E-state index in [4.69, 9.17) is 21.1 Å². The molecule has 4 nitrogen and oxygen atoms in total. The number of rotatable bonds is 3. The number of nitrogens with zero attached hydrogens (tertiary/aromatic N) is 2. The molecule has 0 N–H and O–H groups in total. The number of halogens is 3. The van der Waals surface area contributed by atoms with E-state index in [0.29, 0.717) is 10.9 Å². The summed E-state index contributed by atoms with van der Waals surface area (Å²) in [5.41, 5.74) is 0.349. The SMILES string of the molecule is COc1cc2c(Oc3ccc(F)cc3Cl)ncnc2cc1F. The summed E-state index contributed by atoms with van der Waals surface area (Å²) in [5.74, 6) is -0.589. The van der Waals surface area contributed by atoms with Crippen molar-refractivity contribution in [3.8, 4) is 17.4 Å². The van der Waals surface area contributed by atoms with Crippen molar-refractivity contribution < 1.29 is 18.3 Å². The van der Waals surface area contributed by atoms with Gasteiger partial charge in [-0.15, -0.1) is 0 Å². The van der Waals surface area contributed by atoms with Crippen LogP contribution in [-0.2, 0) is 0 Å². The van der Waals surface area contributed by atoms with Crippen molar-refractivity contribution in [1.82, 2.24) is 9.97 Å². The highest BCUT2D eigenvalue weighted by molar-refractivity contribution is 6.32. The van der Waals surface area contributed by atoms with E-state index in [-0.39, 0.29) is 22.4 Å². The Kier molecular flexibility index (Phi) is 3.77. The zero-order valence-electron chi connectivity index (χ0n) is 11.3. The molecule has 1 heterocycles. The molecule has 2 aromatic carbocycles. The van der Waals surface area contributed by atoms with Gasteiger partial charge in [-0.1, -0.05) is 11.6 Å². The molecule has 0 aliphatic carbocycles.